The van der Waals surface area contributed by atoms with Gasteiger partial charge >= 0.3 is 0 Å². The van der Waals surface area contributed by atoms with Gasteiger partial charge in [-0.25, -0.2) is 8.42 Å². The lowest BCUT2D eigenvalue weighted by Crippen LogP contribution is -3.14. The number of carbonyl (C=O) groups excluding carboxylic acids is 1. The Kier molecular flexibility index (Phi) is 7.06. The van der Waals surface area contributed by atoms with Crippen LogP contribution < -0.4 is 14.9 Å². The van der Waals surface area contributed by atoms with Crippen LogP contribution in [0.1, 0.15) is 35.7 Å². The molecule has 2 atom stereocenters. The van der Waals surface area contributed by atoms with Crippen LogP contribution in [0.5, 0.6) is 0 Å². The second-order valence-electron chi connectivity index (χ2n) is 7.25. The second kappa shape index (κ2) is 9.71. The van der Waals surface area contributed by atoms with E-state index in [4.69, 9.17) is 0 Å². The normalized spacial score (nSPS) is 19.3. The molecule has 3 rings (SSSR count). The Morgan fingerprint density at radius 1 is 1.14 bits per heavy atom. The van der Waals surface area contributed by atoms with E-state index in [1.807, 2.05) is 30.3 Å². The highest BCUT2D eigenvalue weighted by molar-refractivity contribution is 7.95. The standard InChI is InChI=1S/C22H27N3O3S/c1-2-25-15-6-9-21(25)17-23-22(26)19-10-12-20(13-11-19)24-29(27,28)16-14-18-7-4-3-5-8-18/h3-5,7-8,10-14,16,21,24H,2,6,9,15,17H2,1H3,(H,23,26)/p+1/b16-14+/t21-/m0/s1. The number of amides is 1. The summed E-state index contributed by atoms with van der Waals surface area (Å²) in [5.41, 5.74) is 1.73. The molecule has 1 aliphatic rings. The molecule has 0 spiro atoms. The number of hydrogen-bond acceptors (Lipinski definition) is 3. The molecular formula is C22H28N3O3S+. The van der Waals surface area contributed by atoms with Gasteiger partial charge < -0.3 is 10.2 Å². The summed E-state index contributed by atoms with van der Waals surface area (Å²) in [7, 11) is -3.63. The van der Waals surface area contributed by atoms with E-state index >= 15 is 0 Å². The highest BCUT2D eigenvalue weighted by Crippen LogP contribution is 2.13. The highest BCUT2D eigenvalue weighted by atomic mass is 32.2. The molecule has 0 aromatic heterocycles. The number of rotatable bonds is 8. The Balaban J connectivity index is 1.55. The van der Waals surface area contributed by atoms with Crippen molar-refractivity contribution in [3.63, 3.8) is 0 Å². The number of carbonyl (C=O) groups is 1. The molecule has 0 bridgehead atoms. The summed E-state index contributed by atoms with van der Waals surface area (Å²) in [6.07, 6.45) is 3.88. The summed E-state index contributed by atoms with van der Waals surface area (Å²) >= 11 is 0. The Labute approximate surface area is 172 Å². The van der Waals surface area contributed by atoms with Crippen LogP contribution in [0.4, 0.5) is 5.69 Å². The summed E-state index contributed by atoms with van der Waals surface area (Å²) in [4.78, 5) is 13.9. The molecule has 6 nitrogen and oxygen atoms in total. The zero-order valence-electron chi connectivity index (χ0n) is 16.6. The fourth-order valence-corrected chi connectivity index (χ4v) is 4.50. The molecule has 154 valence electrons. The molecule has 1 aliphatic heterocycles. The summed E-state index contributed by atoms with van der Waals surface area (Å²) in [5, 5.41) is 4.13. The summed E-state index contributed by atoms with van der Waals surface area (Å²) in [5.74, 6) is -0.134. The van der Waals surface area contributed by atoms with Crippen LogP contribution in [0, 0.1) is 0 Å². The van der Waals surface area contributed by atoms with E-state index < -0.39 is 10.0 Å². The van der Waals surface area contributed by atoms with Gasteiger partial charge in [0.1, 0.15) is 6.04 Å². The first-order chi connectivity index (χ1) is 14.0. The number of sulfonamides is 1. The topological polar surface area (TPSA) is 79.7 Å². The molecule has 1 unspecified atom stereocenters. The van der Waals surface area contributed by atoms with Crippen molar-refractivity contribution < 1.29 is 18.1 Å². The molecule has 0 aliphatic carbocycles. The van der Waals surface area contributed by atoms with Gasteiger partial charge in [-0.15, -0.1) is 0 Å². The first-order valence-corrected chi connectivity index (χ1v) is 11.5. The van der Waals surface area contributed by atoms with Crippen LogP contribution in [0.3, 0.4) is 0 Å². The van der Waals surface area contributed by atoms with E-state index in [2.05, 4.69) is 17.0 Å². The molecular weight excluding hydrogens is 386 g/mol. The molecule has 1 saturated heterocycles. The van der Waals surface area contributed by atoms with Crippen molar-refractivity contribution in [1.82, 2.24) is 5.32 Å². The lowest BCUT2D eigenvalue weighted by atomic mass is 10.1. The smallest absolute Gasteiger partial charge is 0.255 e. The predicted octanol–water partition coefficient (Wildman–Crippen LogP) is 1.90. The van der Waals surface area contributed by atoms with Crippen molar-refractivity contribution in [3.05, 3.63) is 71.1 Å². The Morgan fingerprint density at radius 3 is 2.55 bits per heavy atom. The number of anilines is 1. The minimum absolute atomic E-state index is 0.134. The van der Waals surface area contributed by atoms with Crippen LogP contribution in [0.2, 0.25) is 0 Å². The number of nitrogens with one attached hydrogen (secondary N) is 3. The van der Waals surface area contributed by atoms with Gasteiger partial charge in [0, 0.05) is 24.1 Å². The third kappa shape index (κ3) is 6.17. The molecule has 2 aromatic carbocycles. The highest BCUT2D eigenvalue weighted by Gasteiger charge is 2.27. The second-order valence-corrected chi connectivity index (χ2v) is 8.82. The van der Waals surface area contributed by atoms with E-state index in [0.29, 0.717) is 23.8 Å². The minimum Gasteiger partial charge on any atom is -0.346 e. The van der Waals surface area contributed by atoms with Crippen molar-refractivity contribution in [1.29, 1.82) is 0 Å². The van der Waals surface area contributed by atoms with Crippen molar-refractivity contribution in [2.24, 2.45) is 0 Å². The third-order valence-electron chi connectivity index (χ3n) is 5.24. The largest absolute Gasteiger partial charge is 0.346 e. The Bertz CT molecular complexity index is 941. The van der Waals surface area contributed by atoms with Gasteiger partial charge in [-0.1, -0.05) is 30.3 Å². The van der Waals surface area contributed by atoms with Gasteiger partial charge in [-0.05, 0) is 42.8 Å². The Morgan fingerprint density at radius 2 is 1.86 bits per heavy atom. The van der Waals surface area contributed by atoms with Gasteiger partial charge in [-0.3, -0.25) is 9.52 Å². The van der Waals surface area contributed by atoms with Gasteiger partial charge in [-0.2, -0.15) is 0 Å². The first-order valence-electron chi connectivity index (χ1n) is 9.95. The molecule has 2 aromatic rings. The van der Waals surface area contributed by atoms with E-state index in [-0.39, 0.29) is 5.91 Å². The molecule has 1 heterocycles. The van der Waals surface area contributed by atoms with Crippen LogP contribution >= 0.6 is 0 Å². The van der Waals surface area contributed by atoms with Crippen LogP contribution in [-0.4, -0.2) is 40.0 Å². The summed E-state index contributed by atoms with van der Waals surface area (Å²) in [6, 6.07) is 16.2. The van der Waals surface area contributed by atoms with Gasteiger partial charge in [0.25, 0.3) is 15.9 Å². The quantitative estimate of drug-likeness (QED) is 0.617. The fourth-order valence-electron chi connectivity index (χ4n) is 3.63. The van der Waals surface area contributed by atoms with E-state index in [0.717, 1.165) is 23.9 Å². The van der Waals surface area contributed by atoms with Crippen molar-refractivity contribution >= 4 is 27.7 Å². The van der Waals surface area contributed by atoms with Crippen LogP contribution in [0.25, 0.3) is 6.08 Å². The van der Waals surface area contributed by atoms with Crippen molar-refractivity contribution in [2.45, 2.75) is 25.8 Å². The maximum absolute atomic E-state index is 12.4. The first kappa shape index (κ1) is 21.1. The van der Waals surface area contributed by atoms with Crippen molar-refractivity contribution in [2.75, 3.05) is 24.4 Å². The summed E-state index contributed by atoms with van der Waals surface area (Å²) in [6.45, 7) is 5.09. The third-order valence-corrected chi connectivity index (χ3v) is 6.25. The number of likely N-dealkylation sites (N-methyl/N-ethyl adjacent to an activating group) is 1. The lowest BCUT2D eigenvalue weighted by molar-refractivity contribution is -0.909. The molecule has 0 saturated carbocycles. The van der Waals surface area contributed by atoms with Gasteiger partial charge in [0.15, 0.2) is 0 Å². The minimum atomic E-state index is -3.63. The molecule has 0 radical (unpaired) electrons. The zero-order chi connectivity index (χ0) is 20.7. The average molecular weight is 415 g/mol. The van der Waals surface area contributed by atoms with Crippen LogP contribution in [-0.2, 0) is 10.0 Å². The monoisotopic (exact) mass is 414 g/mol. The predicted molar refractivity (Wildman–Crippen MR) is 116 cm³/mol. The molecule has 3 N–H and O–H groups in total. The Hall–Kier alpha value is -2.64. The van der Waals surface area contributed by atoms with E-state index in [9.17, 15) is 13.2 Å². The van der Waals surface area contributed by atoms with Gasteiger partial charge in [0.05, 0.1) is 25.0 Å². The maximum Gasteiger partial charge on any atom is 0.255 e. The summed E-state index contributed by atoms with van der Waals surface area (Å²) < 4.78 is 26.9. The van der Waals surface area contributed by atoms with E-state index in [1.165, 1.54) is 19.0 Å². The number of hydrogen-bond donors (Lipinski definition) is 3. The molecule has 1 fully saturated rings. The van der Waals surface area contributed by atoms with Crippen LogP contribution in [0.15, 0.2) is 60.0 Å². The molecule has 7 heteroatoms. The maximum atomic E-state index is 12.4. The molecule has 1 amide bonds. The number of benzene rings is 2. The number of likely N-dealkylation sites (tertiary alicyclic amines) is 1. The zero-order valence-corrected chi connectivity index (χ0v) is 17.4. The average Bonchev–Trinajstić information content (AvgIpc) is 3.19. The number of quaternary nitrogens is 1. The van der Waals surface area contributed by atoms with E-state index in [1.54, 1.807) is 29.2 Å². The fraction of sp³-hybridized carbons (Fsp3) is 0.318. The SMILES string of the molecule is CC[NH+]1CCC[C@H]1CNC(=O)c1ccc(NS(=O)(=O)/C=C/c2ccccc2)cc1. The molecule has 29 heavy (non-hydrogen) atoms. The van der Waals surface area contributed by atoms with Gasteiger partial charge in [0.2, 0.25) is 0 Å². The lowest BCUT2D eigenvalue weighted by Gasteiger charge is -2.20. The van der Waals surface area contributed by atoms with Crippen molar-refractivity contribution in [3.8, 4) is 0 Å².